The Bertz CT molecular complexity index is 730. The van der Waals surface area contributed by atoms with Crippen molar-refractivity contribution in [3.63, 3.8) is 0 Å². The fourth-order valence-corrected chi connectivity index (χ4v) is 3.60. The summed E-state index contributed by atoms with van der Waals surface area (Å²) in [7, 11) is 1.93. The third-order valence-electron chi connectivity index (χ3n) is 4.98. The number of carbonyl (C=O) groups is 1. The van der Waals surface area contributed by atoms with Crippen molar-refractivity contribution in [2.75, 3.05) is 13.1 Å². The fraction of sp³-hybridized carbons (Fsp3) is 0.500. The zero-order valence-electron chi connectivity index (χ0n) is 15.3. The lowest BCUT2D eigenvalue weighted by atomic mass is 9.93. The maximum Gasteiger partial charge on any atom is 0.220 e. The highest BCUT2D eigenvalue weighted by molar-refractivity contribution is 5.75. The van der Waals surface area contributed by atoms with E-state index in [0.717, 1.165) is 26.1 Å². The van der Waals surface area contributed by atoms with E-state index in [4.69, 9.17) is 0 Å². The van der Waals surface area contributed by atoms with Crippen molar-refractivity contribution >= 4 is 5.91 Å². The zero-order chi connectivity index (χ0) is 18.4. The number of halogens is 1. The van der Waals surface area contributed by atoms with E-state index in [2.05, 4.69) is 21.5 Å². The molecule has 1 aromatic heterocycles. The van der Waals surface area contributed by atoms with E-state index in [1.54, 1.807) is 18.2 Å². The molecule has 140 valence electrons. The summed E-state index contributed by atoms with van der Waals surface area (Å²) in [4.78, 5) is 14.5. The third kappa shape index (κ3) is 5.39. The summed E-state index contributed by atoms with van der Waals surface area (Å²) in [5, 5.41) is 7.05. The first-order valence-corrected chi connectivity index (χ1v) is 9.30. The first-order valence-electron chi connectivity index (χ1n) is 9.30. The molecule has 1 aliphatic rings. The Morgan fingerprint density at radius 3 is 3.00 bits per heavy atom. The summed E-state index contributed by atoms with van der Waals surface area (Å²) in [6, 6.07) is 6.55. The zero-order valence-corrected chi connectivity index (χ0v) is 15.3. The molecule has 1 unspecified atom stereocenters. The van der Waals surface area contributed by atoms with E-state index < -0.39 is 0 Å². The molecule has 0 aliphatic carbocycles. The van der Waals surface area contributed by atoms with Crippen LogP contribution in [0.15, 0.2) is 36.7 Å². The second-order valence-electron chi connectivity index (χ2n) is 7.17. The number of likely N-dealkylation sites (tertiary alicyclic amines) is 1. The summed E-state index contributed by atoms with van der Waals surface area (Å²) >= 11 is 0. The summed E-state index contributed by atoms with van der Waals surface area (Å²) in [5.41, 5.74) is 1.76. The van der Waals surface area contributed by atoms with Crippen LogP contribution < -0.4 is 5.32 Å². The molecule has 5 nitrogen and oxygen atoms in total. The van der Waals surface area contributed by atoms with Crippen LogP contribution >= 0.6 is 0 Å². The molecule has 2 aromatic rings. The number of nitrogens with one attached hydrogen (secondary N) is 1. The second-order valence-corrected chi connectivity index (χ2v) is 7.17. The van der Waals surface area contributed by atoms with Gasteiger partial charge in [0.05, 0.1) is 6.20 Å². The lowest BCUT2D eigenvalue weighted by molar-refractivity contribution is -0.121. The molecule has 1 fully saturated rings. The van der Waals surface area contributed by atoms with E-state index >= 15 is 0 Å². The number of carbonyl (C=O) groups excluding carboxylic acids is 1. The lowest BCUT2D eigenvalue weighted by Crippen LogP contribution is -2.35. The molecule has 1 N–H and O–H groups in total. The molecule has 0 saturated carbocycles. The minimum absolute atomic E-state index is 0.00219. The summed E-state index contributed by atoms with van der Waals surface area (Å²) in [6.07, 6.45) is 7.69. The molecule has 0 bridgehead atoms. The normalized spacial score (nSPS) is 18.0. The van der Waals surface area contributed by atoms with E-state index in [-0.39, 0.29) is 18.3 Å². The number of amides is 1. The Balaban J connectivity index is 1.39. The van der Waals surface area contributed by atoms with Gasteiger partial charge >= 0.3 is 0 Å². The third-order valence-corrected chi connectivity index (χ3v) is 4.98. The van der Waals surface area contributed by atoms with Crippen LogP contribution in [0.2, 0.25) is 0 Å². The molecule has 6 heteroatoms. The van der Waals surface area contributed by atoms with Gasteiger partial charge in [-0.25, -0.2) is 4.39 Å². The quantitative estimate of drug-likeness (QED) is 0.828. The number of piperidine rings is 1. The number of hydrogen-bond acceptors (Lipinski definition) is 3. The number of rotatable bonds is 7. The predicted molar refractivity (Wildman–Crippen MR) is 98.7 cm³/mol. The molecule has 1 aliphatic heterocycles. The minimum Gasteiger partial charge on any atom is -0.352 e. The molecule has 0 spiro atoms. The van der Waals surface area contributed by atoms with E-state index in [0.29, 0.717) is 17.9 Å². The number of benzene rings is 1. The van der Waals surface area contributed by atoms with Crippen molar-refractivity contribution in [2.45, 2.75) is 38.8 Å². The van der Waals surface area contributed by atoms with Crippen LogP contribution in [0.4, 0.5) is 4.39 Å². The highest BCUT2D eigenvalue weighted by Gasteiger charge is 2.21. The average molecular weight is 358 g/mol. The van der Waals surface area contributed by atoms with Crippen LogP contribution in [0.25, 0.3) is 0 Å². The van der Waals surface area contributed by atoms with E-state index in [9.17, 15) is 9.18 Å². The molecule has 2 heterocycles. The molecule has 3 rings (SSSR count). The van der Waals surface area contributed by atoms with Gasteiger partial charge in [-0.2, -0.15) is 5.10 Å². The molecule has 1 saturated heterocycles. The van der Waals surface area contributed by atoms with Crippen LogP contribution in [-0.4, -0.2) is 33.7 Å². The molecule has 1 amide bonds. The molecule has 26 heavy (non-hydrogen) atoms. The van der Waals surface area contributed by atoms with Gasteiger partial charge in [-0.05, 0) is 37.8 Å². The van der Waals surface area contributed by atoms with Crippen LogP contribution in [0.5, 0.6) is 0 Å². The number of nitrogens with zero attached hydrogens (tertiary/aromatic N) is 3. The van der Waals surface area contributed by atoms with Gasteiger partial charge in [0.15, 0.2) is 0 Å². The average Bonchev–Trinajstić information content (AvgIpc) is 3.04. The Kier molecular flexibility index (Phi) is 6.39. The largest absolute Gasteiger partial charge is 0.352 e. The maximum absolute atomic E-state index is 13.6. The Morgan fingerprint density at radius 1 is 1.38 bits per heavy atom. The van der Waals surface area contributed by atoms with Crippen molar-refractivity contribution in [1.29, 1.82) is 0 Å². The Labute approximate surface area is 154 Å². The number of aryl methyl sites for hydroxylation is 1. The van der Waals surface area contributed by atoms with Crippen molar-refractivity contribution in [3.05, 3.63) is 53.6 Å². The van der Waals surface area contributed by atoms with Crippen LogP contribution in [0.1, 0.15) is 36.8 Å². The molecule has 1 atom stereocenters. The van der Waals surface area contributed by atoms with Gasteiger partial charge in [0.2, 0.25) is 5.91 Å². The first-order chi connectivity index (χ1) is 12.6. The highest BCUT2D eigenvalue weighted by Crippen LogP contribution is 2.22. The summed E-state index contributed by atoms with van der Waals surface area (Å²) in [5.74, 6) is 0.267. The van der Waals surface area contributed by atoms with Gasteiger partial charge < -0.3 is 5.32 Å². The van der Waals surface area contributed by atoms with Gasteiger partial charge in [-0.15, -0.1) is 0 Å². The SMILES string of the molecule is Cn1cc(CN2CCCC(CCC(=O)NCc3ccccc3F)C2)cn1. The van der Waals surface area contributed by atoms with Gasteiger partial charge in [0, 0.05) is 50.4 Å². The van der Waals surface area contributed by atoms with Gasteiger partial charge in [-0.3, -0.25) is 14.4 Å². The smallest absolute Gasteiger partial charge is 0.220 e. The summed E-state index contributed by atoms with van der Waals surface area (Å²) in [6.45, 7) is 3.30. The standard InChI is InChI=1S/C20H27FN4O/c1-24-13-17(11-23-24)15-25-10-4-5-16(14-25)8-9-20(26)22-12-18-6-2-3-7-19(18)21/h2-3,6-7,11,13,16H,4-5,8-10,12,14-15H2,1H3,(H,22,26). The lowest BCUT2D eigenvalue weighted by Gasteiger charge is -2.32. The van der Waals surface area contributed by atoms with Crippen LogP contribution in [0, 0.1) is 11.7 Å². The van der Waals surface area contributed by atoms with Crippen molar-refractivity contribution in [2.24, 2.45) is 13.0 Å². The monoisotopic (exact) mass is 358 g/mol. The van der Waals surface area contributed by atoms with Crippen molar-refractivity contribution < 1.29 is 9.18 Å². The molecule has 1 aromatic carbocycles. The predicted octanol–water partition coefficient (Wildman–Crippen LogP) is 2.87. The van der Waals surface area contributed by atoms with E-state index in [1.807, 2.05) is 17.9 Å². The van der Waals surface area contributed by atoms with Crippen LogP contribution in [0.3, 0.4) is 0 Å². The molecule has 0 radical (unpaired) electrons. The van der Waals surface area contributed by atoms with Gasteiger partial charge in [0.25, 0.3) is 0 Å². The van der Waals surface area contributed by atoms with E-state index in [1.165, 1.54) is 24.5 Å². The Morgan fingerprint density at radius 2 is 2.23 bits per heavy atom. The maximum atomic E-state index is 13.6. The first kappa shape index (κ1) is 18.6. The molecular formula is C20H27FN4O. The minimum atomic E-state index is -0.272. The van der Waals surface area contributed by atoms with Crippen LogP contribution in [-0.2, 0) is 24.9 Å². The molecular weight excluding hydrogens is 331 g/mol. The van der Waals surface area contributed by atoms with Crippen molar-refractivity contribution in [3.8, 4) is 0 Å². The van der Waals surface area contributed by atoms with Gasteiger partial charge in [0.1, 0.15) is 5.82 Å². The summed E-state index contributed by atoms with van der Waals surface area (Å²) < 4.78 is 15.4. The highest BCUT2D eigenvalue weighted by atomic mass is 19.1. The Hall–Kier alpha value is -2.21. The fourth-order valence-electron chi connectivity index (χ4n) is 3.60. The van der Waals surface area contributed by atoms with Gasteiger partial charge in [-0.1, -0.05) is 18.2 Å². The number of aromatic nitrogens is 2. The van der Waals surface area contributed by atoms with Crippen molar-refractivity contribution in [1.82, 2.24) is 20.0 Å². The number of hydrogen-bond donors (Lipinski definition) is 1. The second kappa shape index (κ2) is 8.94. The topological polar surface area (TPSA) is 50.2 Å².